The molecule has 0 unspecified atom stereocenters. The standard InChI is InChI=1S/C16H19N3O/c1-12(14-7-8-14)18-16(20)9-13-10-17-19(11-13)15-5-3-2-4-6-15/h2-6,10-12,14H,7-9H2,1H3,(H,18,20)/t12-/m1/s1. The Morgan fingerprint density at radius 1 is 1.40 bits per heavy atom. The van der Waals surface area contributed by atoms with Gasteiger partial charge in [0.2, 0.25) is 5.91 Å². The number of carbonyl (C=O) groups is 1. The van der Waals surface area contributed by atoms with Crippen molar-refractivity contribution in [3.05, 3.63) is 48.3 Å². The summed E-state index contributed by atoms with van der Waals surface area (Å²) >= 11 is 0. The van der Waals surface area contributed by atoms with Crippen LogP contribution in [0.25, 0.3) is 5.69 Å². The molecule has 3 rings (SSSR count). The third-order valence-corrected chi connectivity index (χ3v) is 3.74. The Bertz CT molecular complexity index is 587. The second-order valence-corrected chi connectivity index (χ2v) is 5.50. The van der Waals surface area contributed by atoms with Crippen LogP contribution in [-0.4, -0.2) is 21.7 Å². The Balaban J connectivity index is 1.61. The molecule has 1 heterocycles. The third kappa shape index (κ3) is 3.07. The lowest BCUT2D eigenvalue weighted by atomic mass is 10.2. The van der Waals surface area contributed by atoms with E-state index in [0.29, 0.717) is 18.4 Å². The van der Waals surface area contributed by atoms with Gasteiger partial charge in [-0.15, -0.1) is 0 Å². The molecule has 1 N–H and O–H groups in total. The molecule has 0 aliphatic heterocycles. The minimum absolute atomic E-state index is 0.0806. The van der Waals surface area contributed by atoms with Gasteiger partial charge in [-0.2, -0.15) is 5.10 Å². The number of amides is 1. The fourth-order valence-corrected chi connectivity index (χ4v) is 2.38. The second-order valence-electron chi connectivity index (χ2n) is 5.50. The summed E-state index contributed by atoms with van der Waals surface area (Å²) in [4.78, 5) is 12.0. The number of hydrogen-bond donors (Lipinski definition) is 1. The van der Waals surface area contributed by atoms with E-state index < -0.39 is 0 Å². The van der Waals surface area contributed by atoms with Crippen molar-refractivity contribution in [3.63, 3.8) is 0 Å². The van der Waals surface area contributed by atoms with E-state index in [1.165, 1.54) is 12.8 Å². The average molecular weight is 269 g/mol. The van der Waals surface area contributed by atoms with Crippen molar-refractivity contribution in [1.29, 1.82) is 0 Å². The zero-order valence-electron chi connectivity index (χ0n) is 11.6. The molecule has 0 saturated heterocycles. The summed E-state index contributed by atoms with van der Waals surface area (Å²) in [6, 6.07) is 10.2. The lowest BCUT2D eigenvalue weighted by Crippen LogP contribution is -2.34. The summed E-state index contributed by atoms with van der Waals surface area (Å²) in [6.07, 6.45) is 6.55. The highest BCUT2D eigenvalue weighted by Crippen LogP contribution is 2.32. The molecule has 0 radical (unpaired) electrons. The maximum Gasteiger partial charge on any atom is 0.224 e. The van der Waals surface area contributed by atoms with Crippen LogP contribution in [0.2, 0.25) is 0 Å². The first-order valence-electron chi connectivity index (χ1n) is 7.11. The molecule has 20 heavy (non-hydrogen) atoms. The quantitative estimate of drug-likeness (QED) is 0.905. The summed E-state index contributed by atoms with van der Waals surface area (Å²) in [5, 5.41) is 7.37. The van der Waals surface area contributed by atoms with Gasteiger partial charge in [0.15, 0.2) is 0 Å². The minimum atomic E-state index is 0.0806. The van der Waals surface area contributed by atoms with Gasteiger partial charge in [0.1, 0.15) is 0 Å². The number of benzene rings is 1. The van der Waals surface area contributed by atoms with E-state index in [2.05, 4.69) is 17.3 Å². The summed E-state index contributed by atoms with van der Waals surface area (Å²) in [5.74, 6) is 0.767. The molecule has 1 atom stereocenters. The molecule has 4 heteroatoms. The van der Waals surface area contributed by atoms with Crippen LogP contribution >= 0.6 is 0 Å². The van der Waals surface area contributed by atoms with Crippen LogP contribution in [0.4, 0.5) is 0 Å². The molecule has 1 aliphatic rings. The van der Waals surface area contributed by atoms with Crippen molar-refractivity contribution in [3.8, 4) is 5.69 Å². The Labute approximate surface area is 118 Å². The third-order valence-electron chi connectivity index (χ3n) is 3.74. The second kappa shape index (κ2) is 5.49. The van der Waals surface area contributed by atoms with E-state index in [1.807, 2.05) is 36.5 Å². The normalized spacial score (nSPS) is 15.8. The van der Waals surface area contributed by atoms with Crippen molar-refractivity contribution in [2.45, 2.75) is 32.2 Å². The van der Waals surface area contributed by atoms with Crippen LogP contribution in [-0.2, 0) is 11.2 Å². The van der Waals surface area contributed by atoms with Crippen molar-refractivity contribution in [1.82, 2.24) is 15.1 Å². The summed E-state index contributed by atoms with van der Waals surface area (Å²) < 4.78 is 1.80. The number of carbonyl (C=O) groups excluding carboxylic acids is 1. The topological polar surface area (TPSA) is 46.9 Å². The van der Waals surface area contributed by atoms with E-state index in [-0.39, 0.29) is 5.91 Å². The summed E-state index contributed by atoms with van der Waals surface area (Å²) in [5.41, 5.74) is 1.94. The van der Waals surface area contributed by atoms with E-state index in [0.717, 1.165) is 11.3 Å². The highest BCUT2D eigenvalue weighted by atomic mass is 16.1. The molecule has 1 fully saturated rings. The van der Waals surface area contributed by atoms with Gasteiger partial charge >= 0.3 is 0 Å². The lowest BCUT2D eigenvalue weighted by Gasteiger charge is -2.11. The van der Waals surface area contributed by atoms with E-state index in [1.54, 1.807) is 10.9 Å². The number of aromatic nitrogens is 2. The fraction of sp³-hybridized carbons (Fsp3) is 0.375. The van der Waals surface area contributed by atoms with Crippen LogP contribution in [0.15, 0.2) is 42.7 Å². The number of nitrogens with zero attached hydrogens (tertiary/aromatic N) is 2. The number of hydrogen-bond acceptors (Lipinski definition) is 2. The molecule has 2 aromatic rings. The molecule has 4 nitrogen and oxygen atoms in total. The molecule has 1 aromatic heterocycles. The molecule has 1 aromatic carbocycles. The molecule has 0 spiro atoms. The molecule has 104 valence electrons. The Kier molecular flexibility index (Phi) is 3.54. The van der Waals surface area contributed by atoms with Crippen LogP contribution in [0, 0.1) is 5.92 Å². The molecular formula is C16H19N3O. The molecule has 1 amide bonds. The van der Waals surface area contributed by atoms with Gasteiger partial charge in [-0.3, -0.25) is 4.79 Å². The highest BCUT2D eigenvalue weighted by molar-refractivity contribution is 5.78. The SMILES string of the molecule is C[C@@H](NC(=O)Cc1cnn(-c2ccccc2)c1)C1CC1. The van der Waals surface area contributed by atoms with Gasteiger partial charge < -0.3 is 5.32 Å². The number of nitrogens with one attached hydrogen (secondary N) is 1. The molecule has 0 bridgehead atoms. The Hall–Kier alpha value is -2.10. The van der Waals surface area contributed by atoms with Crippen molar-refractivity contribution in [2.24, 2.45) is 5.92 Å². The number of rotatable bonds is 5. The maximum atomic E-state index is 12.0. The average Bonchev–Trinajstić information content (AvgIpc) is 3.21. The van der Waals surface area contributed by atoms with Crippen LogP contribution in [0.3, 0.4) is 0 Å². The Morgan fingerprint density at radius 3 is 2.85 bits per heavy atom. The van der Waals surface area contributed by atoms with E-state index in [4.69, 9.17) is 0 Å². The van der Waals surface area contributed by atoms with E-state index in [9.17, 15) is 4.79 Å². The van der Waals surface area contributed by atoms with Crippen LogP contribution < -0.4 is 5.32 Å². The fourth-order valence-electron chi connectivity index (χ4n) is 2.38. The van der Waals surface area contributed by atoms with Crippen molar-refractivity contribution < 1.29 is 4.79 Å². The van der Waals surface area contributed by atoms with Gasteiger partial charge in [-0.25, -0.2) is 4.68 Å². The lowest BCUT2D eigenvalue weighted by molar-refractivity contribution is -0.121. The van der Waals surface area contributed by atoms with E-state index >= 15 is 0 Å². The van der Waals surface area contributed by atoms with Gasteiger partial charge in [-0.1, -0.05) is 18.2 Å². The van der Waals surface area contributed by atoms with Gasteiger partial charge in [-0.05, 0) is 43.4 Å². The first kappa shape index (κ1) is 12.9. The largest absolute Gasteiger partial charge is 0.353 e. The van der Waals surface area contributed by atoms with Gasteiger partial charge in [0.05, 0.1) is 18.3 Å². The predicted octanol–water partition coefficient (Wildman–Crippen LogP) is 2.33. The molecular weight excluding hydrogens is 250 g/mol. The van der Waals surface area contributed by atoms with Crippen LogP contribution in [0.5, 0.6) is 0 Å². The molecule has 1 aliphatic carbocycles. The maximum absolute atomic E-state index is 12.0. The summed E-state index contributed by atoms with van der Waals surface area (Å²) in [7, 11) is 0. The first-order chi connectivity index (χ1) is 9.72. The van der Waals surface area contributed by atoms with Crippen molar-refractivity contribution >= 4 is 5.91 Å². The smallest absolute Gasteiger partial charge is 0.224 e. The zero-order valence-corrected chi connectivity index (χ0v) is 11.6. The highest BCUT2D eigenvalue weighted by Gasteiger charge is 2.28. The first-order valence-corrected chi connectivity index (χ1v) is 7.11. The van der Waals surface area contributed by atoms with Crippen LogP contribution in [0.1, 0.15) is 25.3 Å². The minimum Gasteiger partial charge on any atom is -0.353 e. The molecule has 1 saturated carbocycles. The van der Waals surface area contributed by atoms with Gasteiger partial charge in [0.25, 0.3) is 0 Å². The van der Waals surface area contributed by atoms with Crippen molar-refractivity contribution in [2.75, 3.05) is 0 Å². The Morgan fingerprint density at radius 2 is 2.15 bits per heavy atom. The zero-order chi connectivity index (χ0) is 13.9. The number of para-hydroxylation sites is 1. The van der Waals surface area contributed by atoms with Gasteiger partial charge in [0, 0.05) is 12.2 Å². The monoisotopic (exact) mass is 269 g/mol. The predicted molar refractivity (Wildman–Crippen MR) is 77.6 cm³/mol. The summed E-state index contributed by atoms with van der Waals surface area (Å²) in [6.45, 7) is 2.09.